The van der Waals surface area contributed by atoms with Crippen LogP contribution in [0.5, 0.6) is 5.75 Å². The molecule has 0 aliphatic carbocycles. The van der Waals surface area contributed by atoms with Crippen molar-refractivity contribution in [1.82, 2.24) is 4.90 Å². The van der Waals surface area contributed by atoms with E-state index in [4.69, 9.17) is 4.74 Å². The van der Waals surface area contributed by atoms with Gasteiger partial charge in [-0.2, -0.15) is 0 Å². The number of hydrogen-bond donors (Lipinski definition) is 0. The fraction of sp³-hybridized carbons (Fsp3) is 0.296. The number of carbonyl (C=O) groups excluding carboxylic acids is 1. The Morgan fingerprint density at radius 1 is 0.882 bits per heavy atom. The maximum atomic E-state index is 13.1. The number of rotatable bonds is 8. The van der Waals surface area contributed by atoms with E-state index >= 15 is 0 Å². The first-order valence-electron chi connectivity index (χ1n) is 11.4. The Labute approximate surface area is 200 Å². The van der Waals surface area contributed by atoms with Gasteiger partial charge in [0.1, 0.15) is 18.2 Å². The molecule has 5 nitrogen and oxygen atoms in total. The first kappa shape index (κ1) is 24.0. The molecule has 1 aliphatic rings. The third-order valence-corrected chi connectivity index (χ3v) is 8.45. The molecule has 178 valence electrons. The molecular formula is C27H28FNO4S. The molecule has 4 rings (SSSR count). The molecule has 0 unspecified atom stereocenters. The van der Waals surface area contributed by atoms with Crippen molar-refractivity contribution < 1.29 is 22.3 Å². The average Bonchev–Trinajstić information content (AvgIpc) is 2.87. The van der Waals surface area contributed by atoms with Gasteiger partial charge in [-0.1, -0.05) is 42.5 Å². The molecule has 3 aromatic carbocycles. The lowest BCUT2D eigenvalue weighted by Gasteiger charge is -2.32. The summed E-state index contributed by atoms with van der Waals surface area (Å²) in [7, 11) is -3.53. The van der Waals surface area contributed by atoms with Gasteiger partial charge >= 0.3 is 0 Å². The van der Waals surface area contributed by atoms with Crippen molar-refractivity contribution in [3.8, 4) is 5.75 Å². The SMILES string of the molecule is O=C(CCc1ccc(OCc2ccccc2)cc1)N1CCC(S(=O)(=O)c2ccc(F)cc2)CC1. The van der Waals surface area contributed by atoms with Crippen LogP contribution in [0.15, 0.2) is 83.8 Å². The molecule has 3 aromatic rings. The fourth-order valence-electron chi connectivity index (χ4n) is 4.13. The first-order chi connectivity index (χ1) is 16.4. The minimum absolute atomic E-state index is 0.0297. The molecule has 1 heterocycles. The van der Waals surface area contributed by atoms with Crippen molar-refractivity contribution in [3.05, 3.63) is 95.8 Å². The lowest BCUT2D eigenvalue weighted by molar-refractivity contribution is -0.132. The van der Waals surface area contributed by atoms with Gasteiger partial charge in [0.25, 0.3) is 0 Å². The molecule has 0 N–H and O–H groups in total. The highest BCUT2D eigenvalue weighted by Gasteiger charge is 2.32. The normalized spacial score (nSPS) is 14.7. The Kier molecular flexibility index (Phi) is 7.63. The van der Waals surface area contributed by atoms with Crippen molar-refractivity contribution in [3.63, 3.8) is 0 Å². The number of ether oxygens (including phenoxy) is 1. The number of carbonyl (C=O) groups is 1. The third-order valence-electron chi connectivity index (χ3n) is 6.17. The molecule has 0 aromatic heterocycles. The van der Waals surface area contributed by atoms with Crippen LogP contribution in [0.1, 0.15) is 30.4 Å². The number of piperidine rings is 1. The molecule has 7 heteroatoms. The maximum Gasteiger partial charge on any atom is 0.222 e. The van der Waals surface area contributed by atoms with Crippen LogP contribution in [0.4, 0.5) is 4.39 Å². The van der Waals surface area contributed by atoms with E-state index in [1.54, 1.807) is 4.90 Å². The summed E-state index contributed by atoms with van der Waals surface area (Å²) in [6.07, 6.45) is 1.77. The van der Waals surface area contributed by atoms with E-state index < -0.39 is 20.9 Å². The van der Waals surface area contributed by atoms with Crippen molar-refractivity contribution in [2.45, 2.75) is 42.4 Å². The number of benzene rings is 3. The summed E-state index contributed by atoms with van der Waals surface area (Å²) >= 11 is 0. The predicted octanol–water partition coefficient (Wildman–Crippen LogP) is 4.80. The zero-order valence-corrected chi connectivity index (χ0v) is 19.7. The lowest BCUT2D eigenvalue weighted by atomic mass is 10.1. The van der Waals surface area contributed by atoms with Crippen LogP contribution in [-0.2, 0) is 27.7 Å². The molecule has 1 amide bonds. The van der Waals surface area contributed by atoms with Crippen molar-refractivity contribution in [2.75, 3.05) is 13.1 Å². The predicted molar refractivity (Wildman–Crippen MR) is 129 cm³/mol. The molecular weight excluding hydrogens is 453 g/mol. The Morgan fingerprint density at radius 2 is 1.53 bits per heavy atom. The van der Waals surface area contributed by atoms with Gasteiger partial charge in [0.05, 0.1) is 10.1 Å². The van der Waals surface area contributed by atoms with E-state index in [9.17, 15) is 17.6 Å². The Balaban J connectivity index is 1.23. The summed E-state index contributed by atoms with van der Waals surface area (Å²) in [6.45, 7) is 1.33. The van der Waals surface area contributed by atoms with Gasteiger partial charge in [-0.3, -0.25) is 4.79 Å². The van der Waals surface area contributed by atoms with Gasteiger partial charge in [-0.25, -0.2) is 12.8 Å². The highest BCUT2D eigenvalue weighted by molar-refractivity contribution is 7.92. The van der Waals surface area contributed by atoms with Crippen LogP contribution < -0.4 is 4.74 Å². The van der Waals surface area contributed by atoms with Gasteiger partial charge in [0, 0.05) is 19.5 Å². The van der Waals surface area contributed by atoms with Crippen LogP contribution in [0.25, 0.3) is 0 Å². The van der Waals surface area contributed by atoms with Crippen LogP contribution in [0.3, 0.4) is 0 Å². The van der Waals surface area contributed by atoms with Gasteiger partial charge in [-0.15, -0.1) is 0 Å². The maximum absolute atomic E-state index is 13.1. The second-order valence-corrected chi connectivity index (χ2v) is 10.7. The molecule has 0 radical (unpaired) electrons. The smallest absolute Gasteiger partial charge is 0.222 e. The van der Waals surface area contributed by atoms with E-state index in [0.717, 1.165) is 29.0 Å². The van der Waals surface area contributed by atoms with Gasteiger partial charge in [0.15, 0.2) is 9.84 Å². The van der Waals surface area contributed by atoms with Crippen LogP contribution in [-0.4, -0.2) is 37.6 Å². The number of amides is 1. The standard InChI is InChI=1S/C27H28FNO4S/c28-23-9-13-25(14-10-23)34(31,32)26-16-18-29(19-17-26)27(30)15-8-21-6-11-24(12-7-21)33-20-22-4-2-1-3-5-22/h1-7,9-14,26H,8,15-20H2. The largest absolute Gasteiger partial charge is 0.489 e. The lowest BCUT2D eigenvalue weighted by Crippen LogP contribution is -2.42. The molecule has 0 saturated carbocycles. The first-order valence-corrected chi connectivity index (χ1v) is 13.0. The van der Waals surface area contributed by atoms with Crippen LogP contribution in [0, 0.1) is 5.82 Å². The summed E-state index contributed by atoms with van der Waals surface area (Å²) in [6, 6.07) is 22.6. The quantitative estimate of drug-likeness (QED) is 0.434. The van der Waals surface area contributed by atoms with Gasteiger partial charge in [0.2, 0.25) is 5.91 Å². The Hall–Kier alpha value is -3.19. The second kappa shape index (κ2) is 10.8. The summed E-state index contributed by atoms with van der Waals surface area (Å²) in [5, 5.41) is -0.551. The topological polar surface area (TPSA) is 63.7 Å². The van der Waals surface area contributed by atoms with E-state index in [2.05, 4.69) is 0 Å². The van der Waals surface area contributed by atoms with E-state index in [1.165, 1.54) is 12.1 Å². The average molecular weight is 482 g/mol. The van der Waals surface area contributed by atoms with Crippen molar-refractivity contribution in [1.29, 1.82) is 0 Å². The minimum Gasteiger partial charge on any atom is -0.489 e. The Morgan fingerprint density at radius 3 is 2.18 bits per heavy atom. The van der Waals surface area contributed by atoms with Crippen LogP contribution in [0.2, 0.25) is 0 Å². The summed E-state index contributed by atoms with van der Waals surface area (Å²) in [5.41, 5.74) is 2.15. The fourth-order valence-corrected chi connectivity index (χ4v) is 5.87. The number of hydrogen-bond acceptors (Lipinski definition) is 4. The number of aryl methyl sites for hydroxylation is 1. The minimum atomic E-state index is -3.53. The number of nitrogens with zero attached hydrogens (tertiary/aromatic N) is 1. The highest BCUT2D eigenvalue weighted by Crippen LogP contribution is 2.25. The molecule has 0 atom stereocenters. The number of likely N-dealkylation sites (tertiary alicyclic amines) is 1. The molecule has 1 fully saturated rings. The molecule has 1 saturated heterocycles. The van der Waals surface area contributed by atoms with E-state index in [-0.39, 0.29) is 10.8 Å². The van der Waals surface area contributed by atoms with Crippen molar-refractivity contribution >= 4 is 15.7 Å². The summed E-state index contributed by atoms with van der Waals surface area (Å²) in [5.74, 6) is 0.346. The van der Waals surface area contributed by atoms with E-state index in [0.29, 0.717) is 45.4 Å². The summed E-state index contributed by atoms with van der Waals surface area (Å²) < 4.78 is 44.5. The molecule has 34 heavy (non-hydrogen) atoms. The molecule has 0 spiro atoms. The van der Waals surface area contributed by atoms with Crippen molar-refractivity contribution in [2.24, 2.45) is 0 Å². The van der Waals surface area contributed by atoms with Gasteiger partial charge in [-0.05, 0) is 66.8 Å². The Bertz CT molecular complexity index is 1190. The number of sulfone groups is 1. The highest BCUT2D eigenvalue weighted by atomic mass is 32.2. The molecule has 0 bridgehead atoms. The summed E-state index contributed by atoms with van der Waals surface area (Å²) in [4.78, 5) is 14.5. The monoisotopic (exact) mass is 481 g/mol. The molecule has 1 aliphatic heterocycles. The number of halogens is 1. The third kappa shape index (κ3) is 6.03. The zero-order chi connectivity index (χ0) is 24.0. The zero-order valence-electron chi connectivity index (χ0n) is 18.9. The van der Waals surface area contributed by atoms with Crippen LogP contribution >= 0.6 is 0 Å². The van der Waals surface area contributed by atoms with Gasteiger partial charge < -0.3 is 9.64 Å². The second-order valence-electron chi connectivity index (χ2n) is 8.50. The van der Waals surface area contributed by atoms with E-state index in [1.807, 2.05) is 54.6 Å².